The van der Waals surface area contributed by atoms with E-state index in [4.69, 9.17) is 9.47 Å². The standard InChI is InChI=1S/C66H64O2/c1-8-19-52(20-9-2)66(63-27-17-13-23-59(63)60-24-14-18-28-64(60)66)53-35-39-55(40-36-53)68-54-37-33-51(34-38-54)65(61-25-15-11-21-57(61)58-22-12-16-26-62(58)65)42-41-50-43-49(44-56(45-50)67-7)32-31-48(10-3)30-29-47(6)46(4)5/h8,11-18,21-28,33-40,43-48,52H,1,9-10,19-20,29-30H2,2-7H3. The molecule has 2 heteroatoms. The maximum absolute atomic E-state index is 6.69. The highest BCUT2D eigenvalue weighted by Crippen LogP contribution is 2.58. The molecule has 0 fully saturated rings. The highest BCUT2D eigenvalue weighted by Gasteiger charge is 2.49. The topological polar surface area (TPSA) is 18.5 Å². The molecule has 2 aliphatic carbocycles. The SMILES string of the molecule is C=CCC(CCC)C1(c2ccc(Oc3ccc(C4(C#Cc5cc(C#CC(CC)CCC(C)C(C)C)cc(OC)c5)c5ccccc5-c5ccccc54)cc3)cc2)c2ccccc2-c2ccccc21. The lowest BCUT2D eigenvalue weighted by molar-refractivity contribution is 0.353. The van der Waals surface area contributed by atoms with Crippen molar-refractivity contribution < 1.29 is 9.47 Å². The molecular formula is C66H64O2. The summed E-state index contributed by atoms with van der Waals surface area (Å²) in [4.78, 5) is 0. The highest BCUT2D eigenvalue weighted by atomic mass is 16.5. The van der Waals surface area contributed by atoms with Gasteiger partial charge in [0.15, 0.2) is 0 Å². The van der Waals surface area contributed by atoms with Crippen molar-refractivity contribution in [3.63, 3.8) is 0 Å². The van der Waals surface area contributed by atoms with E-state index < -0.39 is 5.41 Å². The summed E-state index contributed by atoms with van der Waals surface area (Å²) in [5, 5.41) is 0. The number of fused-ring (bicyclic) bond motifs is 6. The van der Waals surface area contributed by atoms with Gasteiger partial charge in [-0.1, -0.05) is 192 Å². The fraction of sp³-hybridized carbons (Fsp3) is 0.273. The van der Waals surface area contributed by atoms with Gasteiger partial charge in [-0.15, -0.1) is 6.58 Å². The molecule has 7 aromatic rings. The second-order valence-electron chi connectivity index (χ2n) is 19.3. The molecule has 7 aromatic carbocycles. The molecule has 0 bridgehead atoms. The smallest absolute Gasteiger partial charge is 0.127 e. The molecule has 0 saturated carbocycles. The lowest BCUT2D eigenvalue weighted by Gasteiger charge is -2.40. The van der Waals surface area contributed by atoms with Crippen LogP contribution < -0.4 is 9.47 Å². The Balaban J connectivity index is 1.06. The van der Waals surface area contributed by atoms with Crippen LogP contribution in [-0.4, -0.2) is 7.11 Å². The van der Waals surface area contributed by atoms with Gasteiger partial charge < -0.3 is 9.47 Å². The third kappa shape index (κ3) is 8.48. The summed E-state index contributed by atoms with van der Waals surface area (Å²) in [5.74, 6) is 19.1. The maximum Gasteiger partial charge on any atom is 0.127 e. The van der Waals surface area contributed by atoms with Crippen LogP contribution in [0.2, 0.25) is 0 Å². The van der Waals surface area contributed by atoms with Gasteiger partial charge in [-0.3, -0.25) is 0 Å². The Morgan fingerprint density at radius 3 is 1.56 bits per heavy atom. The van der Waals surface area contributed by atoms with Crippen LogP contribution in [0.1, 0.15) is 118 Å². The number of benzene rings is 7. The van der Waals surface area contributed by atoms with E-state index >= 15 is 0 Å². The third-order valence-corrected chi connectivity index (χ3v) is 15.0. The Bertz CT molecular complexity index is 2940. The van der Waals surface area contributed by atoms with Gasteiger partial charge in [0.05, 0.1) is 7.11 Å². The van der Waals surface area contributed by atoms with Crippen LogP contribution in [0.3, 0.4) is 0 Å². The van der Waals surface area contributed by atoms with Crippen molar-refractivity contribution >= 4 is 0 Å². The van der Waals surface area contributed by atoms with Crippen LogP contribution in [0.25, 0.3) is 22.3 Å². The molecule has 68 heavy (non-hydrogen) atoms. The zero-order chi connectivity index (χ0) is 47.3. The van der Waals surface area contributed by atoms with E-state index in [-0.39, 0.29) is 5.41 Å². The van der Waals surface area contributed by atoms with Crippen LogP contribution >= 0.6 is 0 Å². The van der Waals surface area contributed by atoms with Crippen molar-refractivity contribution in [2.24, 2.45) is 23.7 Å². The molecule has 0 N–H and O–H groups in total. The van der Waals surface area contributed by atoms with Crippen LogP contribution in [-0.2, 0) is 10.8 Å². The molecule has 0 aromatic heterocycles. The molecule has 0 aliphatic heterocycles. The number of ether oxygens (including phenoxy) is 2. The summed E-state index contributed by atoms with van der Waals surface area (Å²) in [6.45, 7) is 15.7. The molecular weight excluding hydrogens is 825 g/mol. The van der Waals surface area contributed by atoms with Crippen molar-refractivity contribution in [2.75, 3.05) is 7.11 Å². The van der Waals surface area contributed by atoms with Crippen LogP contribution in [0.4, 0.5) is 0 Å². The van der Waals surface area contributed by atoms with Gasteiger partial charge in [0.2, 0.25) is 0 Å². The summed E-state index contributed by atoms with van der Waals surface area (Å²) in [7, 11) is 1.71. The summed E-state index contributed by atoms with van der Waals surface area (Å²) in [6, 6.07) is 59.0. The second kappa shape index (κ2) is 20.1. The Kier molecular flexibility index (Phi) is 13.6. The van der Waals surface area contributed by atoms with E-state index in [1.54, 1.807) is 7.11 Å². The minimum Gasteiger partial charge on any atom is -0.497 e. The third-order valence-electron chi connectivity index (χ3n) is 15.0. The van der Waals surface area contributed by atoms with E-state index in [2.05, 4.69) is 223 Å². The van der Waals surface area contributed by atoms with Gasteiger partial charge >= 0.3 is 0 Å². The highest BCUT2D eigenvalue weighted by molar-refractivity contribution is 5.86. The first-order chi connectivity index (χ1) is 33.2. The zero-order valence-corrected chi connectivity index (χ0v) is 40.7. The normalized spacial score (nSPS) is 14.7. The van der Waals surface area contributed by atoms with Crippen molar-refractivity contribution in [1.82, 2.24) is 0 Å². The van der Waals surface area contributed by atoms with E-state index in [9.17, 15) is 0 Å². The number of allylic oxidation sites excluding steroid dienone is 1. The summed E-state index contributed by atoms with van der Waals surface area (Å²) in [5.41, 5.74) is 13.3. The molecule has 2 nitrogen and oxygen atoms in total. The molecule has 9 rings (SSSR count). The van der Waals surface area contributed by atoms with Gasteiger partial charge in [0.25, 0.3) is 0 Å². The lowest BCUT2D eigenvalue weighted by Crippen LogP contribution is -2.36. The van der Waals surface area contributed by atoms with Gasteiger partial charge in [-0.2, -0.15) is 0 Å². The monoisotopic (exact) mass is 888 g/mol. The fourth-order valence-electron chi connectivity index (χ4n) is 11.2. The quantitative estimate of drug-likeness (QED) is 0.0754. The van der Waals surface area contributed by atoms with Crippen LogP contribution in [0.15, 0.2) is 176 Å². The van der Waals surface area contributed by atoms with Gasteiger partial charge in [-0.05, 0) is 148 Å². The number of hydrogen-bond donors (Lipinski definition) is 0. The van der Waals surface area contributed by atoms with E-state index in [0.29, 0.717) is 23.7 Å². The van der Waals surface area contributed by atoms with E-state index in [1.165, 1.54) is 56.5 Å². The van der Waals surface area contributed by atoms with E-state index in [1.807, 2.05) is 12.1 Å². The minimum absolute atomic E-state index is 0.301. The molecule has 0 spiro atoms. The summed E-state index contributed by atoms with van der Waals surface area (Å²) in [6.07, 6.45) is 8.55. The molecule has 0 radical (unpaired) electrons. The average molecular weight is 889 g/mol. The van der Waals surface area contributed by atoms with Crippen molar-refractivity contribution in [3.05, 3.63) is 221 Å². The van der Waals surface area contributed by atoms with Crippen LogP contribution in [0, 0.1) is 47.4 Å². The zero-order valence-electron chi connectivity index (χ0n) is 40.7. The van der Waals surface area contributed by atoms with Gasteiger partial charge in [0, 0.05) is 22.5 Å². The number of methoxy groups -OCH3 is 1. The molecule has 340 valence electrons. The largest absolute Gasteiger partial charge is 0.497 e. The number of rotatable bonds is 15. The Morgan fingerprint density at radius 1 is 0.559 bits per heavy atom. The predicted molar refractivity (Wildman–Crippen MR) is 283 cm³/mol. The Labute approximate surface area is 406 Å². The predicted octanol–water partition coefficient (Wildman–Crippen LogP) is 16.6. The molecule has 3 atom stereocenters. The average Bonchev–Trinajstić information content (AvgIpc) is 3.84. The molecule has 0 amide bonds. The molecule has 0 saturated heterocycles. The first kappa shape index (κ1) is 46.1. The van der Waals surface area contributed by atoms with Crippen LogP contribution in [0.5, 0.6) is 17.2 Å². The van der Waals surface area contributed by atoms with E-state index in [0.717, 1.165) is 66.0 Å². The summed E-state index contributed by atoms with van der Waals surface area (Å²) >= 11 is 0. The first-order valence-corrected chi connectivity index (χ1v) is 24.9. The lowest BCUT2D eigenvalue weighted by atomic mass is 9.62. The molecule has 2 aliphatic rings. The fourth-order valence-corrected chi connectivity index (χ4v) is 11.2. The minimum atomic E-state index is -0.731. The first-order valence-electron chi connectivity index (χ1n) is 24.9. The number of hydrogen-bond acceptors (Lipinski definition) is 2. The van der Waals surface area contributed by atoms with Crippen molar-refractivity contribution in [2.45, 2.75) is 84.0 Å². The summed E-state index contributed by atoms with van der Waals surface area (Å²) < 4.78 is 12.5. The Morgan fingerprint density at radius 2 is 1.06 bits per heavy atom. The van der Waals surface area contributed by atoms with Crippen molar-refractivity contribution in [1.29, 1.82) is 0 Å². The van der Waals surface area contributed by atoms with Gasteiger partial charge in [-0.25, -0.2) is 0 Å². The molecule has 0 heterocycles. The maximum atomic E-state index is 6.69. The Hall–Kier alpha value is -7.00. The van der Waals surface area contributed by atoms with Crippen molar-refractivity contribution in [3.8, 4) is 63.2 Å². The second-order valence-corrected chi connectivity index (χ2v) is 19.3. The van der Waals surface area contributed by atoms with Gasteiger partial charge in [0.1, 0.15) is 22.7 Å². The molecule has 3 unspecified atom stereocenters.